The van der Waals surface area contributed by atoms with Gasteiger partial charge in [-0.1, -0.05) is 40.0 Å². The molecule has 5 heteroatoms. The van der Waals surface area contributed by atoms with Crippen molar-refractivity contribution in [2.45, 2.75) is 65.5 Å². The van der Waals surface area contributed by atoms with Gasteiger partial charge in [0, 0.05) is 18.1 Å². The van der Waals surface area contributed by atoms with Gasteiger partial charge in [-0.15, -0.1) is 11.3 Å². The highest BCUT2D eigenvalue weighted by Gasteiger charge is 2.08. The molecule has 0 saturated carbocycles. The predicted molar refractivity (Wildman–Crippen MR) is 103 cm³/mol. The van der Waals surface area contributed by atoms with E-state index in [-0.39, 0.29) is 5.56 Å². The number of aryl methyl sites for hydroxylation is 2. The Hall–Kier alpha value is -0.680. The molecule has 1 atom stereocenters. The van der Waals surface area contributed by atoms with Gasteiger partial charge in [0.25, 0.3) is 5.56 Å². The van der Waals surface area contributed by atoms with Gasteiger partial charge in [-0.3, -0.25) is 4.79 Å². The van der Waals surface area contributed by atoms with Crippen molar-refractivity contribution in [3.8, 4) is 0 Å². The van der Waals surface area contributed by atoms with Crippen molar-refractivity contribution in [1.82, 2.24) is 4.57 Å². The van der Waals surface area contributed by atoms with Crippen LogP contribution in [0.3, 0.4) is 0 Å². The lowest BCUT2D eigenvalue weighted by molar-refractivity contribution is 0.288. The van der Waals surface area contributed by atoms with Gasteiger partial charge in [0.2, 0.25) is 0 Å². The number of alkyl halides is 1. The maximum absolute atomic E-state index is 12.6. The molecule has 0 amide bonds. The second kappa shape index (κ2) is 10.2. The van der Waals surface area contributed by atoms with Crippen molar-refractivity contribution in [2.75, 3.05) is 0 Å². The van der Waals surface area contributed by atoms with Crippen LogP contribution < -0.4 is 5.56 Å². The Morgan fingerprint density at radius 3 is 2.52 bits per heavy atom. The van der Waals surface area contributed by atoms with Gasteiger partial charge < -0.3 is 4.57 Å². The van der Waals surface area contributed by atoms with Crippen LogP contribution >= 0.6 is 27.3 Å². The molecule has 0 aliphatic heterocycles. The van der Waals surface area contributed by atoms with Gasteiger partial charge >= 0.3 is 0 Å². The van der Waals surface area contributed by atoms with Crippen molar-refractivity contribution in [3.63, 3.8) is 0 Å². The summed E-state index contributed by atoms with van der Waals surface area (Å²) in [5.74, 6) is 0. The van der Waals surface area contributed by atoms with Gasteiger partial charge in [-0.2, -0.15) is 0 Å². The molecule has 2 aromatic heterocycles. The van der Waals surface area contributed by atoms with E-state index in [1.165, 1.54) is 4.88 Å². The molecule has 2 aromatic rings. The number of hydrogen-bond acceptors (Lipinski definition) is 2. The van der Waals surface area contributed by atoms with Crippen LogP contribution in [0.5, 0.6) is 0 Å². The minimum atomic E-state index is -0.532. The van der Waals surface area contributed by atoms with Crippen LogP contribution in [0.1, 0.15) is 57.8 Å². The van der Waals surface area contributed by atoms with Gasteiger partial charge in [0.05, 0.1) is 14.6 Å². The zero-order chi connectivity index (χ0) is 17.4. The molecule has 2 rings (SSSR count). The molecule has 0 fully saturated rings. The molecule has 0 radical (unpaired) electrons. The Bertz CT molecular complexity index is 665. The molecular formula is C18H27BrFNOS. The van der Waals surface area contributed by atoms with Crippen LogP contribution in [-0.2, 0) is 13.5 Å². The van der Waals surface area contributed by atoms with Crippen molar-refractivity contribution >= 4 is 37.4 Å². The first-order valence-corrected chi connectivity index (χ1v) is 9.97. The molecule has 130 valence electrons. The molecule has 0 aliphatic carbocycles. The summed E-state index contributed by atoms with van der Waals surface area (Å²) in [6.45, 7) is 6.22. The van der Waals surface area contributed by atoms with Crippen molar-refractivity contribution in [3.05, 3.63) is 32.0 Å². The zero-order valence-corrected chi connectivity index (χ0v) is 16.9. The number of aromatic nitrogens is 1. The highest BCUT2D eigenvalue weighted by molar-refractivity contribution is 9.10. The van der Waals surface area contributed by atoms with Crippen LogP contribution in [0.2, 0.25) is 0 Å². The summed E-state index contributed by atoms with van der Waals surface area (Å²) in [5.41, 5.74) is 0.0825. The second-order valence-electron chi connectivity index (χ2n) is 5.73. The minimum Gasteiger partial charge on any atom is -0.317 e. The normalized spacial score (nSPS) is 12.1. The maximum atomic E-state index is 12.6. The second-order valence-corrected chi connectivity index (χ2v) is 7.72. The summed E-state index contributed by atoms with van der Waals surface area (Å²) < 4.78 is 16.3. The average molecular weight is 404 g/mol. The Balaban J connectivity index is 0.000000257. The maximum Gasteiger partial charge on any atom is 0.259 e. The lowest BCUT2D eigenvalue weighted by atomic mass is 10.1. The van der Waals surface area contributed by atoms with Crippen LogP contribution in [0.25, 0.3) is 10.1 Å². The number of thiophene rings is 1. The molecule has 0 spiro atoms. The predicted octanol–water partition coefficient (Wildman–Crippen LogP) is 6.24. The number of hydrogen-bond donors (Lipinski definition) is 0. The fourth-order valence-corrected chi connectivity index (χ4v) is 4.07. The van der Waals surface area contributed by atoms with Crippen LogP contribution in [0, 0.1) is 0 Å². The van der Waals surface area contributed by atoms with Gasteiger partial charge in [0.1, 0.15) is 6.17 Å². The van der Waals surface area contributed by atoms with Crippen molar-refractivity contribution in [1.29, 1.82) is 0 Å². The van der Waals surface area contributed by atoms with Gasteiger partial charge in [-0.05, 0) is 41.3 Å². The standard InChI is InChI=1S/C10H10BrNOS.C8H17F/c1-3-6-4-7-9(14-6)8(11)5-12(2)10(7)13;1-3-5-7-8(9)6-4-2/h4-5H,3H2,1-2H3;8H,3-7H2,1-2H3. The van der Waals surface area contributed by atoms with E-state index in [0.29, 0.717) is 0 Å². The highest BCUT2D eigenvalue weighted by Crippen LogP contribution is 2.29. The van der Waals surface area contributed by atoms with E-state index in [4.69, 9.17) is 0 Å². The molecule has 0 aromatic carbocycles. The number of pyridine rings is 1. The largest absolute Gasteiger partial charge is 0.317 e. The molecule has 1 unspecified atom stereocenters. The first-order chi connectivity index (χ1) is 10.9. The molecule has 0 bridgehead atoms. The van der Waals surface area contributed by atoms with Gasteiger partial charge in [0.15, 0.2) is 0 Å². The summed E-state index contributed by atoms with van der Waals surface area (Å²) in [7, 11) is 1.77. The first kappa shape index (κ1) is 20.4. The summed E-state index contributed by atoms with van der Waals surface area (Å²) in [5, 5.41) is 0.823. The summed E-state index contributed by atoms with van der Waals surface area (Å²) in [4.78, 5) is 13.0. The van der Waals surface area contributed by atoms with E-state index in [1.807, 2.05) is 19.2 Å². The molecule has 0 saturated heterocycles. The van der Waals surface area contributed by atoms with Gasteiger partial charge in [-0.25, -0.2) is 4.39 Å². The van der Waals surface area contributed by atoms with E-state index in [0.717, 1.165) is 53.1 Å². The monoisotopic (exact) mass is 403 g/mol. The number of rotatable bonds is 6. The Labute approximate surface area is 150 Å². The van der Waals surface area contributed by atoms with E-state index >= 15 is 0 Å². The van der Waals surface area contributed by atoms with Crippen molar-refractivity contribution < 1.29 is 4.39 Å². The molecule has 23 heavy (non-hydrogen) atoms. The Morgan fingerprint density at radius 2 is 1.96 bits per heavy atom. The molecule has 2 nitrogen and oxygen atoms in total. The summed E-state index contributed by atoms with van der Waals surface area (Å²) >= 11 is 5.16. The Kier molecular flexibility index (Phi) is 9.07. The molecular weight excluding hydrogens is 377 g/mol. The SMILES string of the molecule is CCCCC(F)CCC.CCc1cc2c(=O)n(C)cc(Br)c2s1. The Morgan fingerprint density at radius 1 is 1.26 bits per heavy atom. The third-order valence-electron chi connectivity index (χ3n) is 3.68. The zero-order valence-electron chi connectivity index (χ0n) is 14.5. The number of halogens is 2. The number of unbranched alkanes of at least 4 members (excludes halogenated alkanes) is 1. The van der Waals surface area contributed by atoms with E-state index in [2.05, 4.69) is 29.8 Å². The summed E-state index contributed by atoms with van der Waals surface area (Å²) in [6, 6.07) is 1.99. The number of nitrogens with zero attached hydrogens (tertiary/aromatic N) is 1. The molecule has 0 aliphatic rings. The van der Waals surface area contributed by atoms with E-state index in [9.17, 15) is 9.18 Å². The highest BCUT2D eigenvalue weighted by atomic mass is 79.9. The fraction of sp³-hybridized carbons (Fsp3) is 0.611. The number of fused-ring (bicyclic) bond motifs is 1. The first-order valence-electron chi connectivity index (χ1n) is 8.36. The third-order valence-corrected chi connectivity index (χ3v) is 5.86. The topological polar surface area (TPSA) is 22.0 Å². The van der Waals surface area contributed by atoms with E-state index < -0.39 is 6.17 Å². The lowest BCUT2D eigenvalue weighted by Gasteiger charge is -2.03. The van der Waals surface area contributed by atoms with Crippen molar-refractivity contribution in [2.24, 2.45) is 7.05 Å². The van der Waals surface area contributed by atoms with Crippen LogP contribution in [0.15, 0.2) is 21.5 Å². The van der Waals surface area contributed by atoms with E-state index in [1.54, 1.807) is 23.0 Å². The lowest BCUT2D eigenvalue weighted by Crippen LogP contribution is -2.14. The molecule has 2 heterocycles. The smallest absolute Gasteiger partial charge is 0.259 e. The quantitative estimate of drug-likeness (QED) is 0.559. The van der Waals surface area contributed by atoms with Crippen LogP contribution in [0.4, 0.5) is 4.39 Å². The fourth-order valence-electron chi connectivity index (χ4n) is 2.31. The summed E-state index contributed by atoms with van der Waals surface area (Å²) in [6.07, 6.45) is 6.92. The average Bonchev–Trinajstić information content (AvgIpc) is 2.97. The molecule has 0 N–H and O–H groups in total. The minimum absolute atomic E-state index is 0.0825. The van der Waals surface area contributed by atoms with Crippen LogP contribution in [-0.4, -0.2) is 10.7 Å². The third kappa shape index (κ3) is 6.03.